The lowest BCUT2D eigenvalue weighted by atomic mass is 9.99. The number of hydrogen-bond acceptors (Lipinski definition) is 4. The average Bonchev–Trinajstić information content (AvgIpc) is 2.45. The molecule has 0 aromatic rings. The summed E-state index contributed by atoms with van der Waals surface area (Å²) in [6.07, 6.45) is 0.447. The molecule has 0 radical (unpaired) electrons. The van der Waals surface area contributed by atoms with Crippen molar-refractivity contribution < 1.29 is 19.1 Å². The summed E-state index contributed by atoms with van der Waals surface area (Å²) >= 11 is 0. The van der Waals surface area contributed by atoms with Crippen molar-refractivity contribution in [2.45, 2.75) is 78.4 Å². The van der Waals surface area contributed by atoms with E-state index in [2.05, 4.69) is 13.8 Å². The Hall–Kier alpha value is -1.10. The van der Waals surface area contributed by atoms with Gasteiger partial charge in [-0.15, -0.1) is 0 Å². The van der Waals surface area contributed by atoms with E-state index in [1.807, 2.05) is 20.8 Å². The van der Waals surface area contributed by atoms with E-state index in [0.29, 0.717) is 12.3 Å². The predicted molar refractivity (Wildman–Crippen MR) is 76.3 cm³/mol. The van der Waals surface area contributed by atoms with E-state index in [9.17, 15) is 9.59 Å². The number of hydrogen-bond donors (Lipinski definition) is 0. The third kappa shape index (κ3) is 3.95. The highest BCUT2D eigenvalue weighted by Gasteiger charge is 2.51. The van der Waals surface area contributed by atoms with Crippen LogP contribution in [0, 0.1) is 5.92 Å². The molecule has 1 amide bonds. The van der Waals surface area contributed by atoms with Crippen molar-refractivity contribution in [1.29, 1.82) is 0 Å². The summed E-state index contributed by atoms with van der Waals surface area (Å²) in [6.45, 7) is 13.2. The van der Waals surface area contributed by atoms with Gasteiger partial charge < -0.3 is 14.3 Å². The summed E-state index contributed by atoms with van der Waals surface area (Å²) in [6, 6.07) is -0.280. The van der Waals surface area contributed by atoms with Crippen molar-refractivity contribution >= 4 is 12.4 Å². The fourth-order valence-corrected chi connectivity index (χ4v) is 2.52. The van der Waals surface area contributed by atoms with Gasteiger partial charge in [0.25, 0.3) is 0 Å². The standard InChI is InChI=1S/C15H27NO4/c1-10(2)8-11-12(9-17)19-15(6,7)16(11)13(18)20-14(3,4)5/h9-12H,8H2,1-7H3/t11-,12-/m0/s1. The summed E-state index contributed by atoms with van der Waals surface area (Å²) in [5.41, 5.74) is -1.41. The molecule has 1 rings (SSSR count). The second-order valence-electron chi connectivity index (χ2n) is 7.21. The van der Waals surface area contributed by atoms with Crippen LogP contribution < -0.4 is 0 Å². The second kappa shape index (κ2) is 5.72. The van der Waals surface area contributed by atoms with Crippen LogP contribution in [0.3, 0.4) is 0 Å². The highest BCUT2D eigenvalue weighted by molar-refractivity contribution is 5.72. The number of ether oxygens (including phenoxy) is 2. The maximum Gasteiger partial charge on any atom is 0.412 e. The summed E-state index contributed by atoms with van der Waals surface area (Å²) in [5.74, 6) is 0.352. The molecule has 5 nitrogen and oxygen atoms in total. The molecule has 0 saturated carbocycles. The Labute approximate surface area is 121 Å². The minimum absolute atomic E-state index is 0.280. The number of carbonyl (C=O) groups is 2. The molecule has 1 aliphatic rings. The van der Waals surface area contributed by atoms with Gasteiger partial charge in [0, 0.05) is 0 Å². The van der Waals surface area contributed by atoms with Gasteiger partial charge in [0.15, 0.2) is 6.29 Å². The molecular weight excluding hydrogens is 258 g/mol. The summed E-state index contributed by atoms with van der Waals surface area (Å²) in [4.78, 5) is 25.2. The molecule has 0 N–H and O–H groups in total. The first-order valence-electron chi connectivity index (χ1n) is 7.13. The van der Waals surface area contributed by atoms with Crippen LogP contribution in [0.25, 0.3) is 0 Å². The fraction of sp³-hybridized carbons (Fsp3) is 0.867. The highest BCUT2D eigenvalue weighted by Crippen LogP contribution is 2.35. The smallest absolute Gasteiger partial charge is 0.412 e. The molecule has 0 aromatic heterocycles. The van der Waals surface area contributed by atoms with Crippen molar-refractivity contribution in [3.05, 3.63) is 0 Å². The number of nitrogens with zero attached hydrogens (tertiary/aromatic N) is 1. The zero-order valence-electron chi connectivity index (χ0n) is 13.6. The Morgan fingerprint density at radius 1 is 1.40 bits per heavy atom. The molecule has 2 atom stereocenters. The van der Waals surface area contributed by atoms with Gasteiger partial charge in [-0.2, -0.15) is 0 Å². The van der Waals surface area contributed by atoms with Gasteiger partial charge >= 0.3 is 6.09 Å². The maximum atomic E-state index is 12.4. The number of rotatable bonds is 3. The van der Waals surface area contributed by atoms with E-state index in [4.69, 9.17) is 9.47 Å². The molecule has 0 aromatic carbocycles. The first kappa shape index (κ1) is 17.0. The molecule has 0 unspecified atom stereocenters. The average molecular weight is 285 g/mol. The van der Waals surface area contributed by atoms with Crippen LogP contribution in [0.2, 0.25) is 0 Å². The Kier molecular flexibility index (Phi) is 4.85. The second-order valence-corrected chi connectivity index (χ2v) is 7.21. The van der Waals surface area contributed by atoms with Gasteiger partial charge in [-0.3, -0.25) is 4.90 Å². The molecule has 0 spiro atoms. The van der Waals surface area contributed by atoms with Crippen molar-refractivity contribution in [3.8, 4) is 0 Å². The van der Waals surface area contributed by atoms with Crippen molar-refractivity contribution in [2.75, 3.05) is 0 Å². The SMILES string of the molecule is CC(C)C[C@H]1[C@H](C=O)OC(C)(C)N1C(=O)OC(C)(C)C. The van der Waals surface area contributed by atoms with Gasteiger partial charge in [-0.05, 0) is 47.0 Å². The van der Waals surface area contributed by atoms with Crippen LogP contribution in [0.4, 0.5) is 4.79 Å². The van der Waals surface area contributed by atoms with Crippen LogP contribution in [-0.4, -0.2) is 40.8 Å². The highest BCUT2D eigenvalue weighted by atomic mass is 16.6. The Morgan fingerprint density at radius 2 is 1.95 bits per heavy atom. The molecule has 116 valence electrons. The van der Waals surface area contributed by atoms with Crippen molar-refractivity contribution in [3.63, 3.8) is 0 Å². The van der Waals surface area contributed by atoms with Crippen LogP contribution in [0.1, 0.15) is 54.9 Å². The molecule has 1 heterocycles. The van der Waals surface area contributed by atoms with E-state index >= 15 is 0 Å². The molecular formula is C15H27NO4. The Bertz CT molecular complexity index is 371. The van der Waals surface area contributed by atoms with E-state index < -0.39 is 23.5 Å². The zero-order valence-corrected chi connectivity index (χ0v) is 13.6. The van der Waals surface area contributed by atoms with Gasteiger partial charge in [0.05, 0.1) is 6.04 Å². The Balaban J connectivity index is 3.02. The maximum absolute atomic E-state index is 12.4. The van der Waals surface area contributed by atoms with Gasteiger partial charge in [0.1, 0.15) is 17.4 Å². The molecule has 20 heavy (non-hydrogen) atoms. The molecule has 0 bridgehead atoms. The third-order valence-corrected chi connectivity index (χ3v) is 3.15. The molecule has 5 heteroatoms. The minimum Gasteiger partial charge on any atom is -0.444 e. The van der Waals surface area contributed by atoms with Gasteiger partial charge in [0.2, 0.25) is 0 Å². The van der Waals surface area contributed by atoms with Crippen LogP contribution >= 0.6 is 0 Å². The minimum atomic E-state index is -0.840. The van der Waals surface area contributed by atoms with Crippen molar-refractivity contribution in [2.24, 2.45) is 5.92 Å². The molecule has 1 fully saturated rings. The van der Waals surface area contributed by atoms with Crippen LogP contribution in [-0.2, 0) is 14.3 Å². The molecule has 1 aliphatic heterocycles. The van der Waals surface area contributed by atoms with Gasteiger partial charge in [-0.25, -0.2) is 4.79 Å². The third-order valence-electron chi connectivity index (χ3n) is 3.15. The normalized spacial score (nSPS) is 25.9. The monoisotopic (exact) mass is 285 g/mol. The van der Waals surface area contributed by atoms with E-state index in [0.717, 1.165) is 6.29 Å². The summed E-state index contributed by atoms with van der Waals surface area (Å²) < 4.78 is 11.2. The zero-order chi connectivity index (χ0) is 15.7. The first-order valence-corrected chi connectivity index (χ1v) is 7.13. The van der Waals surface area contributed by atoms with E-state index in [-0.39, 0.29) is 6.04 Å². The van der Waals surface area contributed by atoms with E-state index in [1.165, 1.54) is 0 Å². The quantitative estimate of drug-likeness (QED) is 0.748. The lowest BCUT2D eigenvalue weighted by Crippen LogP contribution is -2.50. The lowest BCUT2D eigenvalue weighted by Gasteiger charge is -2.35. The number of carbonyl (C=O) groups excluding carboxylic acids is 2. The largest absolute Gasteiger partial charge is 0.444 e. The van der Waals surface area contributed by atoms with Crippen LogP contribution in [0.5, 0.6) is 0 Å². The lowest BCUT2D eigenvalue weighted by molar-refractivity contribution is -0.124. The van der Waals surface area contributed by atoms with E-state index in [1.54, 1.807) is 18.7 Å². The molecule has 1 saturated heterocycles. The fourth-order valence-electron chi connectivity index (χ4n) is 2.52. The predicted octanol–water partition coefficient (Wildman–Crippen LogP) is 2.97. The molecule has 0 aliphatic carbocycles. The first-order chi connectivity index (χ1) is 8.98. The van der Waals surface area contributed by atoms with Crippen LogP contribution in [0.15, 0.2) is 0 Å². The van der Waals surface area contributed by atoms with Crippen molar-refractivity contribution in [1.82, 2.24) is 4.90 Å². The summed E-state index contributed by atoms with van der Waals surface area (Å²) in [5, 5.41) is 0. The number of amides is 1. The Morgan fingerprint density at radius 3 is 2.35 bits per heavy atom. The number of aldehydes is 1. The van der Waals surface area contributed by atoms with Gasteiger partial charge in [-0.1, -0.05) is 13.8 Å². The summed E-state index contributed by atoms with van der Waals surface area (Å²) in [7, 11) is 0. The topological polar surface area (TPSA) is 55.8 Å².